The quantitative estimate of drug-likeness (QED) is 0.880. The third kappa shape index (κ3) is 2.00. The molecule has 0 saturated heterocycles. The first-order valence-electron chi connectivity index (χ1n) is 5.21. The average Bonchev–Trinajstić information content (AvgIpc) is 2.86. The second-order valence-electron chi connectivity index (χ2n) is 4.01. The summed E-state index contributed by atoms with van der Waals surface area (Å²) in [5, 5.41) is 12.0. The minimum atomic E-state index is -0.111. The number of hydrogen-bond donors (Lipinski definition) is 1. The van der Waals surface area contributed by atoms with Gasteiger partial charge in [-0.05, 0) is 18.1 Å². The van der Waals surface area contributed by atoms with Gasteiger partial charge in [0.1, 0.15) is 5.01 Å². The average molecular weight is 231 g/mol. The molecule has 2 rings (SSSR count). The number of aromatic nitrogens is 2. The Morgan fingerprint density at radius 2 is 2.31 bits per heavy atom. The highest BCUT2D eigenvalue weighted by atomic mass is 32.1. The molecule has 1 atom stereocenters. The Morgan fingerprint density at radius 3 is 2.88 bits per heavy atom. The van der Waals surface area contributed by atoms with Gasteiger partial charge < -0.3 is 4.98 Å². The third-order valence-corrected chi connectivity index (χ3v) is 3.37. The van der Waals surface area contributed by atoms with Crippen LogP contribution in [0.4, 0.5) is 0 Å². The van der Waals surface area contributed by atoms with Crippen molar-refractivity contribution in [3.63, 3.8) is 0 Å². The summed E-state index contributed by atoms with van der Waals surface area (Å²) < 4.78 is 0. The van der Waals surface area contributed by atoms with Crippen LogP contribution in [-0.2, 0) is 0 Å². The Labute approximate surface area is 98.8 Å². The van der Waals surface area contributed by atoms with E-state index in [1.54, 1.807) is 11.3 Å². The van der Waals surface area contributed by atoms with Crippen molar-refractivity contribution in [2.24, 2.45) is 5.92 Å². The van der Waals surface area contributed by atoms with Crippen LogP contribution in [0.2, 0.25) is 0 Å². The molecule has 82 valence electrons. The van der Waals surface area contributed by atoms with Gasteiger partial charge in [0.15, 0.2) is 0 Å². The van der Waals surface area contributed by atoms with Gasteiger partial charge in [0, 0.05) is 11.6 Å². The fourth-order valence-corrected chi connectivity index (χ4v) is 2.42. The van der Waals surface area contributed by atoms with E-state index >= 15 is 0 Å². The van der Waals surface area contributed by atoms with Crippen molar-refractivity contribution in [3.8, 4) is 16.8 Å². The van der Waals surface area contributed by atoms with Crippen LogP contribution >= 0.6 is 11.3 Å². The van der Waals surface area contributed by atoms with Gasteiger partial charge in [-0.15, -0.1) is 11.3 Å². The number of aromatic amines is 1. The Hall–Kier alpha value is -1.60. The lowest BCUT2D eigenvalue weighted by Crippen LogP contribution is -2.04. The van der Waals surface area contributed by atoms with Crippen molar-refractivity contribution in [3.05, 3.63) is 29.4 Å². The molecule has 0 spiro atoms. The fraction of sp³-hybridized carbons (Fsp3) is 0.333. The third-order valence-electron chi connectivity index (χ3n) is 2.47. The van der Waals surface area contributed by atoms with E-state index in [4.69, 9.17) is 5.26 Å². The number of nitriles is 1. The first-order chi connectivity index (χ1) is 7.72. The predicted molar refractivity (Wildman–Crippen MR) is 65.1 cm³/mol. The fourth-order valence-electron chi connectivity index (χ4n) is 1.57. The Balaban J connectivity index is 2.30. The number of hydrogen-bond acceptors (Lipinski definition) is 3. The van der Waals surface area contributed by atoms with Crippen molar-refractivity contribution in [1.29, 1.82) is 5.26 Å². The highest BCUT2D eigenvalue weighted by Crippen LogP contribution is 2.29. The molecular weight excluding hydrogens is 218 g/mol. The molecule has 1 unspecified atom stereocenters. The molecular formula is C12H13N3S. The van der Waals surface area contributed by atoms with Crippen molar-refractivity contribution >= 4 is 11.3 Å². The minimum absolute atomic E-state index is 0.111. The van der Waals surface area contributed by atoms with Gasteiger partial charge >= 0.3 is 0 Å². The summed E-state index contributed by atoms with van der Waals surface area (Å²) >= 11 is 1.57. The molecule has 0 aliphatic rings. The maximum absolute atomic E-state index is 9.10. The van der Waals surface area contributed by atoms with Crippen LogP contribution in [0, 0.1) is 17.2 Å². The SMILES string of the molecule is CC(C)C(C#N)c1csc(-c2ccc[nH]2)n1. The van der Waals surface area contributed by atoms with Crippen LogP contribution in [0.1, 0.15) is 25.5 Å². The zero-order valence-corrected chi connectivity index (χ0v) is 10.1. The molecule has 0 saturated carbocycles. The molecule has 0 bridgehead atoms. The van der Waals surface area contributed by atoms with E-state index in [1.807, 2.05) is 37.6 Å². The Bertz CT molecular complexity index is 491. The van der Waals surface area contributed by atoms with Crippen molar-refractivity contribution < 1.29 is 0 Å². The molecule has 3 nitrogen and oxygen atoms in total. The second-order valence-corrected chi connectivity index (χ2v) is 4.87. The smallest absolute Gasteiger partial charge is 0.139 e. The maximum atomic E-state index is 9.10. The lowest BCUT2D eigenvalue weighted by molar-refractivity contribution is 0.578. The molecule has 0 fully saturated rings. The van der Waals surface area contributed by atoms with Gasteiger partial charge in [0.2, 0.25) is 0 Å². The van der Waals surface area contributed by atoms with Crippen LogP contribution in [0.3, 0.4) is 0 Å². The topological polar surface area (TPSA) is 52.5 Å². The Morgan fingerprint density at radius 1 is 1.50 bits per heavy atom. The molecule has 0 aliphatic carbocycles. The van der Waals surface area contributed by atoms with Crippen LogP contribution in [0.25, 0.3) is 10.7 Å². The highest BCUT2D eigenvalue weighted by molar-refractivity contribution is 7.13. The normalized spacial score (nSPS) is 12.6. The van der Waals surface area contributed by atoms with Crippen LogP contribution in [0.5, 0.6) is 0 Å². The summed E-state index contributed by atoms with van der Waals surface area (Å²) in [6.07, 6.45) is 1.88. The number of rotatable bonds is 3. The minimum Gasteiger partial charge on any atom is -0.359 e. The molecule has 2 heterocycles. The molecule has 2 aromatic heterocycles. The zero-order valence-electron chi connectivity index (χ0n) is 9.27. The molecule has 4 heteroatoms. The number of nitrogens with zero attached hydrogens (tertiary/aromatic N) is 2. The van der Waals surface area contributed by atoms with E-state index < -0.39 is 0 Å². The van der Waals surface area contributed by atoms with E-state index in [0.717, 1.165) is 16.4 Å². The summed E-state index contributed by atoms with van der Waals surface area (Å²) in [6.45, 7) is 4.09. The molecule has 0 aromatic carbocycles. The van der Waals surface area contributed by atoms with Crippen molar-refractivity contribution in [2.75, 3.05) is 0 Å². The van der Waals surface area contributed by atoms with Crippen LogP contribution in [0.15, 0.2) is 23.7 Å². The zero-order chi connectivity index (χ0) is 11.5. The second kappa shape index (κ2) is 4.50. The summed E-state index contributed by atoms with van der Waals surface area (Å²) in [5.41, 5.74) is 1.89. The predicted octanol–water partition coefficient (Wildman–Crippen LogP) is 3.40. The van der Waals surface area contributed by atoms with Crippen molar-refractivity contribution in [1.82, 2.24) is 9.97 Å². The van der Waals surface area contributed by atoms with E-state index in [9.17, 15) is 0 Å². The van der Waals surface area contributed by atoms with E-state index in [0.29, 0.717) is 5.92 Å². The van der Waals surface area contributed by atoms with Gasteiger partial charge in [0.25, 0.3) is 0 Å². The molecule has 16 heavy (non-hydrogen) atoms. The lowest BCUT2D eigenvalue weighted by atomic mass is 9.95. The monoisotopic (exact) mass is 231 g/mol. The first kappa shape index (κ1) is 10.9. The van der Waals surface area contributed by atoms with Gasteiger partial charge in [-0.3, -0.25) is 0 Å². The lowest BCUT2D eigenvalue weighted by Gasteiger charge is -2.08. The molecule has 2 aromatic rings. The number of nitrogens with one attached hydrogen (secondary N) is 1. The number of thiazole rings is 1. The van der Waals surface area contributed by atoms with E-state index in [1.165, 1.54) is 0 Å². The molecule has 0 amide bonds. The summed E-state index contributed by atoms with van der Waals surface area (Å²) in [6, 6.07) is 6.24. The molecule has 1 N–H and O–H groups in total. The Kier molecular flexibility index (Phi) is 3.07. The largest absolute Gasteiger partial charge is 0.359 e. The van der Waals surface area contributed by atoms with E-state index in [2.05, 4.69) is 16.0 Å². The van der Waals surface area contributed by atoms with Crippen LogP contribution < -0.4 is 0 Å². The first-order valence-corrected chi connectivity index (χ1v) is 6.09. The molecule has 0 aliphatic heterocycles. The van der Waals surface area contributed by atoms with Crippen molar-refractivity contribution in [2.45, 2.75) is 19.8 Å². The molecule has 0 radical (unpaired) electrons. The van der Waals surface area contributed by atoms with Gasteiger partial charge in [-0.25, -0.2) is 4.98 Å². The van der Waals surface area contributed by atoms with E-state index in [-0.39, 0.29) is 5.92 Å². The summed E-state index contributed by atoms with van der Waals surface area (Å²) in [5.74, 6) is 0.184. The van der Waals surface area contributed by atoms with Gasteiger partial charge in [-0.2, -0.15) is 5.26 Å². The number of H-pyrrole nitrogens is 1. The summed E-state index contributed by atoms with van der Waals surface area (Å²) in [4.78, 5) is 7.63. The summed E-state index contributed by atoms with van der Waals surface area (Å²) in [7, 11) is 0. The van der Waals surface area contributed by atoms with Crippen LogP contribution in [-0.4, -0.2) is 9.97 Å². The highest BCUT2D eigenvalue weighted by Gasteiger charge is 2.18. The van der Waals surface area contributed by atoms with Gasteiger partial charge in [-0.1, -0.05) is 13.8 Å². The van der Waals surface area contributed by atoms with Gasteiger partial charge in [0.05, 0.1) is 23.4 Å². The standard InChI is InChI=1S/C12H13N3S/c1-8(2)9(6-13)11-7-16-12(15-11)10-4-3-5-14-10/h3-5,7-9,14H,1-2H3. The maximum Gasteiger partial charge on any atom is 0.139 e.